The highest BCUT2D eigenvalue weighted by Gasteiger charge is 2.11. The van der Waals surface area contributed by atoms with Crippen LogP contribution in [0.25, 0.3) is 0 Å². The lowest BCUT2D eigenvalue weighted by atomic mass is 10.2. The zero-order chi connectivity index (χ0) is 20.6. The van der Waals surface area contributed by atoms with Gasteiger partial charge in [-0.25, -0.2) is 10.2 Å². The molecule has 10 nitrogen and oxygen atoms in total. The van der Waals surface area contributed by atoms with Gasteiger partial charge in [-0.1, -0.05) is 29.5 Å². The van der Waals surface area contributed by atoms with E-state index in [0.717, 1.165) is 11.3 Å². The van der Waals surface area contributed by atoms with Crippen LogP contribution < -0.4 is 16.1 Å². The lowest BCUT2D eigenvalue weighted by molar-refractivity contribution is -0.120. The van der Waals surface area contributed by atoms with Gasteiger partial charge >= 0.3 is 6.03 Å². The molecule has 5 N–H and O–H groups in total. The van der Waals surface area contributed by atoms with Crippen molar-refractivity contribution in [3.05, 3.63) is 59.1 Å². The number of hydrogen-bond donors (Lipinski definition) is 5. The summed E-state index contributed by atoms with van der Waals surface area (Å²) in [6, 6.07) is 12.6. The van der Waals surface area contributed by atoms with Crippen molar-refractivity contribution in [1.29, 1.82) is 0 Å². The average Bonchev–Trinajstić information content (AvgIpc) is 3.12. The highest BCUT2D eigenvalue weighted by atomic mass is 32.1. The van der Waals surface area contributed by atoms with Crippen molar-refractivity contribution in [1.82, 2.24) is 15.6 Å². The molecule has 0 unspecified atom stereocenters. The fraction of sp³-hybridized carbons (Fsp3) is 0.0556. The molecule has 0 radical (unpaired) electrons. The SMILES string of the molecule is O=C(Cc1nnc(NC(=O)Nc2ccccc2)s1)N/N=C/c1ccc(O)c(O)c1. The Kier molecular flexibility index (Phi) is 6.32. The first-order chi connectivity index (χ1) is 14.0. The number of benzene rings is 2. The second-order valence-electron chi connectivity index (χ2n) is 5.66. The first-order valence-corrected chi connectivity index (χ1v) is 9.10. The Bertz CT molecular complexity index is 1040. The molecule has 0 saturated carbocycles. The predicted molar refractivity (Wildman–Crippen MR) is 108 cm³/mol. The Morgan fingerprint density at radius 2 is 1.83 bits per heavy atom. The average molecular weight is 412 g/mol. The molecule has 0 aliphatic heterocycles. The maximum Gasteiger partial charge on any atom is 0.325 e. The molecule has 11 heteroatoms. The first kappa shape index (κ1) is 19.8. The van der Waals surface area contributed by atoms with E-state index in [0.29, 0.717) is 16.3 Å². The number of anilines is 2. The van der Waals surface area contributed by atoms with E-state index in [1.54, 1.807) is 24.3 Å². The van der Waals surface area contributed by atoms with Crippen LogP contribution in [0.1, 0.15) is 10.6 Å². The van der Waals surface area contributed by atoms with Crippen LogP contribution in [0, 0.1) is 0 Å². The summed E-state index contributed by atoms with van der Waals surface area (Å²) in [5, 5.41) is 35.9. The van der Waals surface area contributed by atoms with Crippen molar-refractivity contribution >= 4 is 40.3 Å². The molecule has 0 aliphatic carbocycles. The molecule has 0 fully saturated rings. The summed E-state index contributed by atoms with van der Waals surface area (Å²) in [4.78, 5) is 23.8. The lowest BCUT2D eigenvalue weighted by Crippen LogP contribution is -2.19. The molecule has 148 valence electrons. The third kappa shape index (κ3) is 6.01. The van der Waals surface area contributed by atoms with E-state index in [9.17, 15) is 19.8 Å². The minimum atomic E-state index is -0.467. The van der Waals surface area contributed by atoms with Gasteiger partial charge in [0.05, 0.1) is 12.6 Å². The number of aromatic nitrogens is 2. The topological polar surface area (TPSA) is 149 Å². The highest BCUT2D eigenvalue weighted by molar-refractivity contribution is 7.15. The van der Waals surface area contributed by atoms with E-state index in [2.05, 4.69) is 31.4 Å². The maximum absolute atomic E-state index is 11.9. The Hall–Kier alpha value is -3.99. The van der Waals surface area contributed by atoms with Crippen LogP contribution in [0.4, 0.5) is 15.6 Å². The van der Waals surface area contributed by atoms with Crippen LogP contribution in [-0.4, -0.2) is 38.6 Å². The van der Waals surface area contributed by atoms with Gasteiger partial charge in [-0.2, -0.15) is 5.10 Å². The zero-order valence-electron chi connectivity index (χ0n) is 14.9. The number of nitrogens with one attached hydrogen (secondary N) is 3. The molecule has 3 amide bonds. The van der Waals surface area contributed by atoms with Gasteiger partial charge < -0.3 is 15.5 Å². The van der Waals surface area contributed by atoms with Crippen molar-refractivity contribution < 1.29 is 19.8 Å². The van der Waals surface area contributed by atoms with Crippen molar-refractivity contribution in [3.8, 4) is 11.5 Å². The number of rotatable bonds is 6. The largest absolute Gasteiger partial charge is 0.504 e. The van der Waals surface area contributed by atoms with Crippen LogP contribution in [-0.2, 0) is 11.2 Å². The molecule has 3 rings (SSSR count). The van der Waals surface area contributed by atoms with E-state index in [1.807, 2.05) is 6.07 Å². The Balaban J connectivity index is 1.47. The summed E-state index contributed by atoms with van der Waals surface area (Å²) in [7, 11) is 0. The molecule has 1 aromatic heterocycles. The van der Waals surface area contributed by atoms with E-state index in [1.165, 1.54) is 24.4 Å². The molecule has 1 heterocycles. The van der Waals surface area contributed by atoms with Crippen molar-refractivity contribution in [2.75, 3.05) is 10.6 Å². The Morgan fingerprint density at radius 1 is 1.03 bits per heavy atom. The molecule has 0 spiro atoms. The minimum Gasteiger partial charge on any atom is -0.504 e. The van der Waals surface area contributed by atoms with Gasteiger partial charge in [0.1, 0.15) is 5.01 Å². The van der Waals surface area contributed by atoms with Crippen molar-refractivity contribution in [3.63, 3.8) is 0 Å². The van der Waals surface area contributed by atoms with Gasteiger partial charge in [0.2, 0.25) is 11.0 Å². The third-order valence-electron chi connectivity index (χ3n) is 3.43. The third-order valence-corrected chi connectivity index (χ3v) is 4.27. The maximum atomic E-state index is 11.9. The van der Waals surface area contributed by atoms with Gasteiger partial charge in [-0.3, -0.25) is 10.1 Å². The zero-order valence-corrected chi connectivity index (χ0v) is 15.7. The smallest absolute Gasteiger partial charge is 0.325 e. The quantitative estimate of drug-likeness (QED) is 0.238. The fourth-order valence-electron chi connectivity index (χ4n) is 2.13. The van der Waals surface area contributed by atoms with Crippen LogP contribution in [0.3, 0.4) is 0 Å². The number of nitrogens with zero attached hydrogens (tertiary/aromatic N) is 3. The molecular weight excluding hydrogens is 396 g/mol. The van der Waals surface area contributed by atoms with Crippen LogP contribution in [0.15, 0.2) is 53.6 Å². The second-order valence-corrected chi connectivity index (χ2v) is 6.73. The molecule has 0 aliphatic rings. The number of phenolic OH excluding ortho intramolecular Hbond substituents is 2. The van der Waals surface area contributed by atoms with Crippen molar-refractivity contribution in [2.45, 2.75) is 6.42 Å². The Morgan fingerprint density at radius 3 is 2.59 bits per heavy atom. The summed E-state index contributed by atoms with van der Waals surface area (Å²) in [6.45, 7) is 0. The second kappa shape index (κ2) is 9.28. The number of phenols is 2. The molecular formula is C18H16N6O4S. The molecule has 29 heavy (non-hydrogen) atoms. The molecule has 3 aromatic rings. The molecule has 2 aromatic carbocycles. The van der Waals surface area contributed by atoms with Crippen LogP contribution in [0.2, 0.25) is 0 Å². The number of hydrazone groups is 1. The summed E-state index contributed by atoms with van der Waals surface area (Å²) in [5.74, 6) is -0.963. The summed E-state index contributed by atoms with van der Waals surface area (Å²) >= 11 is 1.07. The molecule has 0 bridgehead atoms. The van der Waals surface area contributed by atoms with Crippen LogP contribution >= 0.6 is 11.3 Å². The Labute approximate surface area is 168 Å². The summed E-state index contributed by atoms with van der Waals surface area (Å²) in [6.07, 6.45) is 1.25. The van der Waals surface area contributed by atoms with E-state index < -0.39 is 11.9 Å². The van der Waals surface area contributed by atoms with Gasteiger partial charge in [0.25, 0.3) is 0 Å². The summed E-state index contributed by atoms with van der Waals surface area (Å²) < 4.78 is 0. The van der Waals surface area contributed by atoms with E-state index >= 15 is 0 Å². The number of para-hydroxylation sites is 1. The van der Waals surface area contributed by atoms with E-state index in [4.69, 9.17) is 0 Å². The van der Waals surface area contributed by atoms with E-state index in [-0.39, 0.29) is 23.1 Å². The van der Waals surface area contributed by atoms with Crippen molar-refractivity contribution in [2.24, 2.45) is 5.10 Å². The lowest BCUT2D eigenvalue weighted by Gasteiger charge is -2.03. The van der Waals surface area contributed by atoms with Crippen LogP contribution in [0.5, 0.6) is 11.5 Å². The number of carbonyl (C=O) groups is 2. The fourth-order valence-corrected chi connectivity index (χ4v) is 2.87. The minimum absolute atomic E-state index is 0.0716. The standard InChI is InChI=1S/C18H16N6O4S/c25-13-7-6-11(8-14(13)26)10-19-22-15(27)9-16-23-24-18(29-16)21-17(28)20-12-4-2-1-3-5-12/h1-8,10,25-26H,9H2,(H,22,27)(H2,20,21,24,28)/b19-10+. The molecule has 0 saturated heterocycles. The summed E-state index contributed by atoms with van der Waals surface area (Å²) in [5.41, 5.74) is 3.45. The molecule has 0 atom stereocenters. The van der Waals surface area contributed by atoms with Gasteiger partial charge in [0.15, 0.2) is 11.5 Å². The monoisotopic (exact) mass is 412 g/mol. The number of urea groups is 1. The predicted octanol–water partition coefficient (Wildman–Crippen LogP) is 2.29. The number of amides is 3. The first-order valence-electron chi connectivity index (χ1n) is 8.29. The number of hydrogen-bond acceptors (Lipinski definition) is 8. The van der Waals surface area contributed by atoms with Gasteiger partial charge in [0, 0.05) is 5.69 Å². The number of aromatic hydroxyl groups is 2. The van der Waals surface area contributed by atoms with Gasteiger partial charge in [-0.05, 0) is 35.9 Å². The van der Waals surface area contributed by atoms with Gasteiger partial charge in [-0.15, -0.1) is 10.2 Å². The number of carbonyl (C=O) groups excluding carboxylic acids is 2. The normalized spacial score (nSPS) is 10.6. The highest BCUT2D eigenvalue weighted by Crippen LogP contribution is 2.24.